The molecule has 0 amide bonds. The SMILES string of the molecule is Cc1cc2nc(C(C)(C)C(=O)O)cc(Cl)n2n1. The first kappa shape index (κ1) is 11.9. The van der Waals surface area contributed by atoms with E-state index in [1.54, 1.807) is 19.9 Å². The number of rotatable bonds is 2. The number of carbonyl (C=O) groups is 1. The van der Waals surface area contributed by atoms with Gasteiger partial charge in [0.15, 0.2) is 5.65 Å². The summed E-state index contributed by atoms with van der Waals surface area (Å²) in [5.41, 5.74) is 0.676. The Morgan fingerprint density at radius 2 is 2.12 bits per heavy atom. The zero-order chi connectivity index (χ0) is 12.8. The molecule has 0 unspecified atom stereocenters. The summed E-state index contributed by atoms with van der Waals surface area (Å²) in [5, 5.41) is 13.7. The molecule has 0 bridgehead atoms. The standard InChI is InChI=1S/C11H12ClN3O2/c1-6-4-9-13-7(11(2,3)10(16)17)5-8(12)15(9)14-6/h4-5H,1-3H3,(H,16,17). The number of aryl methyl sites for hydroxylation is 1. The van der Waals surface area contributed by atoms with Crippen molar-refractivity contribution in [3.63, 3.8) is 0 Å². The van der Waals surface area contributed by atoms with Crippen molar-refractivity contribution in [2.24, 2.45) is 0 Å². The monoisotopic (exact) mass is 253 g/mol. The molecule has 2 aromatic heterocycles. The van der Waals surface area contributed by atoms with Crippen LogP contribution in [0.2, 0.25) is 5.15 Å². The van der Waals surface area contributed by atoms with Crippen molar-refractivity contribution in [1.82, 2.24) is 14.6 Å². The van der Waals surface area contributed by atoms with Crippen molar-refractivity contribution in [2.45, 2.75) is 26.2 Å². The molecule has 0 aliphatic heterocycles. The van der Waals surface area contributed by atoms with Crippen molar-refractivity contribution in [1.29, 1.82) is 0 Å². The van der Waals surface area contributed by atoms with Crippen LogP contribution in [0.5, 0.6) is 0 Å². The summed E-state index contributed by atoms with van der Waals surface area (Å²) < 4.78 is 1.48. The van der Waals surface area contributed by atoms with E-state index in [9.17, 15) is 4.79 Å². The first-order valence-electron chi connectivity index (χ1n) is 5.09. The quantitative estimate of drug-likeness (QED) is 0.832. The first-order chi connectivity index (χ1) is 7.82. The third-order valence-electron chi connectivity index (χ3n) is 2.68. The maximum atomic E-state index is 11.2. The fourth-order valence-corrected chi connectivity index (χ4v) is 1.71. The second kappa shape index (κ2) is 3.70. The lowest BCUT2D eigenvalue weighted by Crippen LogP contribution is -2.29. The number of aliphatic carboxylic acids is 1. The van der Waals surface area contributed by atoms with E-state index in [0.29, 0.717) is 16.5 Å². The topological polar surface area (TPSA) is 67.5 Å². The van der Waals surface area contributed by atoms with E-state index in [-0.39, 0.29) is 0 Å². The molecule has 0 aliphatic rings. The highest BCUT2D eigenvalue weighted by molar-refractivity contribution is 6.29. The Kier molecular flexibility index (Phi) is 2.58. The van der Waals surface area contributed by atoms with Gasteiger partial charge in [-0.25, -0.2) is 9.50 Å². The zero-order valence-electron chi connectivity index (χ0n) is 9.73. The minimum Gasteiger partial charge on any atom is -0.481 e. The van der Waals surface area contributed by atoms with Crippen LogP contribution in [-0.2, 0) is 10.2 Å². The Morgan fingerprint density at radius 1 is 1.47 bits per heavy atom. The number of hydrogen-bond acceptors (Lipinski definition) is 3. The van der Waals surface area contributed by atoms with Crippen LogP contribution in [0.3, 0.4) is 0 Å². The molecule has 0 aromatic carbocycles. The Morgan fingerprint density at radius 3 is 2.71 bits per heavy atom. The number of carboxylic acids is 1. The van der Waals surface area contributed by atoms with E-state index >= 15 is 0 Å². The summed E-state index contributed by atoms with van der Waals surface area (Å²) in [6.45, 7) is 5.01. The normalized spacial score (nSPS) is 12.0. The van der Waals surface area contributed by atoms with E-state index in [2.05, 4.69) is 10.1 Å². The van der Waals surface area contributed by atoms with Gasteiger partial charge in [0.05, 0.1) is 11.4 Å². The fourth-order valence-electron chi connectivity index (χ4n) is 1.48. The molecule has 2 heterocycles. The molecule has 0 radical (unpaired) electrons. The highest BCUT2D eigenvalue weighted by Crippen LogP contribution is 2.25. The van der Waals surface area contributed by atoms with Gasteiger partial charge in [-0.05, 0) is 26.8 Å². The predicted molar refractivity (Wildman–Crippen MR) is 63.4 cm³/mol. The molecule has 2 rings (SSSR count). The highest BCUT2D eigenvalue weighted by Gasteiger charge is 2.32. The van der Waals surface area contributed by atoms with Gasteiger partial charge in [-0.1, -0.05) is 11.6 Å². The molecule has 90 valence electrons. The molecule has 17 heavy (non-hydrogen) atoms. The number of carboxylic acid groups (broad SMARTS) is 1. The minimum atomic E-state index is -1.08. The highest BCUT2D eigenvalue weighted by atomic mass is 35.5. The van der Waals surface area contributed by atoms with Gasteiger partial charge in [0.2, 0.25) is 0 Å². The molecular weight excluding hydrogens is 242 g/mol. The molecule has 0 fully saturated rings. The Bertz CT molecular complexity index is 604. The van der Waals surface area contributed by atoms with Gasteiger partial charge in [0, 0.05) is 6.07 Å². The van der Waals surface area contributed by atoms with Crippen LogP contribution in [0.1, 0.15) is 25.2 Å². The van der Waals surface area contributed by atoms with Crippen molar-refractivity contribution in [3.05, 3.63) is 28.7 Å². The lowest BCUT2D eigenvalue weighted by Gasteiger charge is -2.18. The molecule has 0 saturated carbocycles. The summed E-state index contributed by atoms with van der Waals surface area (Å²) in [7, 11) is 0. The van der Waals surface area contributed by atoms with Crippen molar-refractivity contribution in [2.75, 3.05) is 0 Å². The summed E-state index contributed by atoms with van der Waals surface area (Å²) in [4.78, 5) is 15.5. The molecule has 0 atom stereocenters. The van der Waals surface area contributed by atoms with Crippen LogP contribution >= 0.6 is 11.6 Å². The summed E-state index contributed by atoms with van der Waals surface area (Å²) in [6, 6.07) is 3.29. The van der Waals surface area contributed by atoms with E-state index in [1.165, 1.54) is 10.6 Å². The molecule has 0 aliphatic carbocycles. The Hall–Kier alpha value is -1.62. The number of halogens is 1. The fraction of sp³-hybridized carbons (Fsp3) is 0.364. The summed E-state index contributed by atoms with van der Waals surface area (Å²) >= 11 is 6.05. The Balaban J connectivity index is 2.69. The van der Waals surface area contributed by atoms with Crippen LogP contribution in [0, 0.1) is 6.92 Å². The van der Waals surface area contributed by atoms with Crippen LogP contribution in [0.4, 0.5) is 0 Å². The minimum absolute atomic E-state index is 0.354. The van der Waals surface area contributed by atoms with Gasteiger partial charge in [0.25, 0.3) is 0 Å². The maximum absolute atomic E-state index is 11.2. The van der Waals surface area contributed by atoms with Gasteiger partial charge in [-0.2, -0.15) is 5.10 Å². The Labute approximate surface area is 103 Å². The molecule has 0 saturated heterocycles. The average molecular weight is 254 g/mol. The van der Waals surface area contributed by atoms with Gasteiger partial charge >= 0.3 is 5.97 Å². The summed E-state index contributed by atoms with van der Waals surface area (Å²) in [6.07, 6.45) is 0. The van der Waals surface area contributed by atoms with Gasteiger partial charge in [-0.3, -0.25) is 4.79 Å². The van der Waals surface area contributed by atoms with Crippen LogP contribution < -0.4 is 0 Å². The van der Waals surface area contributed by atoms with E-state index in [0.717, 1.165) is 5.69 Å². The largest absolute Gasteiger partial charge is 0.481 e. The smallest absolute Gasteiger partial charge is 0.315 e. The van der Waals surface area contributed by atoms with Crippen molar-refractivity contribution in [3.8, 4) is 0 Å². The molecule has 0 spiro atoms. The van der Waals surface area contributed by atoms with Crippen molar-refractivity contribution < 1.29 is 9.90 Å². The second-order valence-electron chi connectivity index (χ2n) is 4.45. The van der Waals surface area contributed by atoms with Gasteiger partial charge in [0.1, 0.15) is 10.6 Å². The third-order valence-corrected chi connectivity index (χ3v) is 2.95. The van der Waals surface area contributed by atoms with Gasteiger partial charge in [-0.15, -0.1) is 0 Å². The molecule has 5 nitrogen and oxygen atoms in total. The lowest BCUT2D eigenvalue weighted by molar-refractivity contribution is -0.142. The van der Waals surface area contributed by atoms with Gasteiger partial charge < -0.3 is 5.11 Å². The van der Waals surface area contributed by atoms with E-state index < -0.39 is 11.4 Å². The molecule has 2 aromatic rings. The molecular formula is C11H12ClN3O2. The number of hydrogen-bond donors (Lipinski definition) is 1. The number of nitrogens with zero attached hydrogens (tertiary/aromatic N) is 3. The summed E-state index contributed by atoms with van der Waals surface area (Å²) in [5.74, 6) is -0.943. The predicted octanol–water partition coefficient (Wildman–Crippen LogP) is 2.05. The maximum Gasteiger partial charge on any atom is 0.315 e. The number of fused-ring (bicyclic) bond motifs is 1. The first-order valence-corrected chi connectivity index (χ1v) is 5.47. The second-order valence-corrected chi connectivity index (χ2v) is 4.84. The lowest BCUT2D eigenvalue weighted by atomic mass is 9.89. The van der Waals surface area contributed by atoms with E-state index in [1.807, 2.05) is 6.92 Å². The van der Waals surface area contributed by atoms with Crippen molar-refractivity contribution >= 4 is 23.2 Å². The average Bonchev–Trinajstić information content (AvgIpc) is 2.58. The molecule has 1 N–H and O–H groups in total. The third kappa shape index (κ3) is 1.86. The van der Waals surface area contributed by atoms with Crippen LogP contribution in [0.15, 0.2) is 12.1 Å². The van der Waals surface area contributed by atoms with Crippen LogP contribution in [-0.4, -0.2) is 25.7 Å². The van der Waals surface area contributed by atoms with E-state index in [4.69, 9.17) is 16.7 Å². The van der Waals surface area contributed by atoms with Crippen LogP contribution in [0.25, 0.3) is 5.65 Å². The molecule has 6 heteroatoms. The zero-order valence-corrected chi connectivity index (χ0v) is 10.5. The number of aromatic nitrogens is 3.